The van der Waals surface area contributed by atoms with Crippen molar-refractivity contribution in [3.8, 4) is 5.75 Å². The number of halogens is 1. The standard InChI is InChI=1S/C25H27ClN2O4S/c1-4-32-24-14-12-20(13-15-24)18(2)27-25(29)21-10-8-19(9-11-21)17-28(33(3,30)31)23-7-5-6-22(26)16-23/h5-16,18H,4,17H2,1-3H3,(H,27,29)/t18-/m0/s1. The van der Waals surface area contributed by atoms with Gasteiger partial charge in [-0.2, -0.15) is 0 Å². The first-order valence-corrected chi connectivity index (χ1v) is 12.8. The normalized spacial score (nSPS) is 12.1. The number of hydrogen-bond acceptors (Lipinski definition) is 4. The maximum absolute atomic E-state index is 12.7. The van der Waals surface area contributed by atoms with Gasteiger partial charge in [-0.3, -0.25) is 9.10 Å². The molecule has 0 aromatic heterocycles. The summed E-state index contributed by atoms with van der Waals surface area (Å²) in [5.41, 5.74) is 2.69. The van der Waals surface area contributed by atoms with Crippen molar-refractivity contribution >= 4 is 33.2 Å². The Balaban J connectivity index is 1.69. The van der Waals surface area contributed by atoms with Crippen molar-refractivity contribution in [2.24, 2.45) is 0 Å². The van der Waals surface area contributed by atoms with E-state index in [1.807, 2.05) is 38.1 Å². The summed E-state index contributed by atoms with van der Waals surface area (Å²) in [5.74, 6) is 0.578. The van der Waals surface area contributed by atoms with Crippen LogP contribution in [-0.4, -0.2) is 27.2 Å². The van der Waals surface area contributed by atoms with Gasteiger partial charge in [0, 0.05) is 10.6 Å². The molecule has 1 amide bonds. The van der Waals surface area contributed by atoms with Crippen LogP contribution < -0.4 is 14.4 Å². The van der Waals surface area contributed by atoms with Crippen molar-refractivity contribution in [3.05, 3.63) is 94.5 Å². The Morgan fingerprint density at radius 1 is 1.06 bits per heavy atom. The number of amides is 1. The van der Waals surface area contributed by atoms with E-state index in [2.05, 4.69) is 5.32 Å². The Hall–Kier alpha value is -3.03. The minimum atomic E-state index is -3.53. The van der Waals surface area contributed by atoms with Crippen LogP contribution in [0.4, 0.5) is 5.69 Å². The van der Waals surface area contributed by atoms with Crippen molar-refractivity contribution in [2.45, 2.75) is 26.4 Å². The number of nitrogens with one attached hydrogen (secondary N) is 1. The molecule has 3 aromatic carbocycles. The van der Waals surface area contributed by atoms with Gasteiger partial charge in [-0.05, 0) is 67.4 Å². The number of benzene rings is 3. The molecule has 0 saturated carbocycles. The lowest BCUT2D eigenvalue weighted by Crippen LogP contribution is -2.29. The van der Waals surface area contributed by atoms with Crippen molar-refractivity contribution in [2.75, 3.05) is 17.2 Å². The molecule has 0 aliphatic rings. The summed E-state index contributed by atoms with van der Waals surface area (Å²) in [5, 5.41) is 3.43. The molecule has 3 aromatic rings. The van der Waals surface area contributed by atoms with Gasteiger partial charge >= 0.3 is 0 Å². The second kappa shape index (κ2) is 10.7. The molecule has 0 saturated heterocycles. The molecule has 1 N–H and O–H groups in total. The molecule has 1 atom stereocenters. The van der Waals surface area contributed by atoms with Gasteiger partial charge in [0.05, 0.1) is 31.1 Å². The van der Waals surface area contributed by atoms with E-state index in [0.717, 1.165) is 23.1 Å². The largest absolute Gasteiger partial charge is 0.494 e. The van der Waals surface area contributed by atoms with Crippen molar-refractivity contribution < 1.29 is 17.9 Å². The Bertz CT molecular complexity index is 1200. The fourth-order valence-corrected chi connectivity index (χ4v) is 4.41. The summed E-state index contributed by atoms with van der Waals surface area (Å²) in [7, 11) is -3.53. The highest BCUT2D eigenvalue weighted by molar-refractivity contribution is 7.92. The van der Waals surface area contributed by atoms with Gasteiger partial charge in [0.25, 0.3) is 5.91 Å². The Morgan fingerprint density at radius 3 is 2.30 bits per heavy atom. The molecule has 8 heteroatoms. The summed E-state index contributed by atoms with van der Waals surface area (Å²) in [6, 6.07) is 21.0. The van der Waals surface area contributed by atoms with E-state index in [-0.39, 0.29) is 18.5 Å². The van der Waals surface area contributed by atoms with Gasteiger partial charge < -0.3 is 10.1 Å². The van der Waals surface area contributed by atoms with Gasteiger partial charge in [-0.25, -0.2) is 8.42 Å². The Labute approximate surface area is 200 Å². The highest BCUT2D eigenvalue weighted by atomic mass is 35.5. The van der Waals surface area contributed by atoms with E-state index < -0.39 is 10.0 Å². The molecule has 0 heterocycles. The van der Waals surface area contributed by atoms with Gasteiger partial charge in [0.2, 0.25) is 10.0 Å². The fourth-order valence-electron chi connectivity index (χ4n) is 3.34. The van der Waals surface area contributed by atoms with E-state index >= 15 is 0 Å². The van der Waals surface area contributed by atoms with Crippen LogP contribution in [0.15, 0.2) is 72.8 Å². The summed E-state index contributed by atoms with van der Waals surface area (Å²) >= 11 is 6.03. The zero-order chi connectivity index (χ0) is 24.0. The smallest absolute Gasteiger partial charge is 0.251 e. The van der Waals surface area contributed by atoms with Gasteiger partial charge in [0.15, 0.2) is 0 Å². The maximum Gasteiger partial charge on any atom is 0.251 e. The summed E-state index contributed by atoms with van der Waals surface area (Å²) in [6.45, 7) is 4.57. The molecule has 174 valence electrons. The number of hydrogen-bond donors (Lipinski definition) is 1. The average molecular weight is 487 g/mol. The van der Waals surface area contributed by atoms with Crippen LogP contribution in [0.1, 0.15) is 41.4 Å². The SMILES string of the molecule is CCOc1ccc([C@H](C)NC(=O)c2ccc(CN(c3cccc(Cl)c3)S(C)(=O)=O)cc2)cc1. The zero-order valence-electron chi connectivity index (χ0n) is 18.8. The second-order valence-corrected chi connectivity index (χ2v) is 9.99. The first kappa shape index (κ1) is 24.6. The summed E-state index contributed by atoms with van der Waals surface area (Å²) < 4.78 is 31.4. The lowest BCUT2D eigenvalue weighted by atomic mass is 10.1. The highest BCUT2D eigenvalue weighted by Crippen LogP contribution is 2.24. The molecule has 0 unspecified atom stereocenters. The van der Waals surface area contributed by atoms with Crippen LogP contribution in [0, 0.1) is 0 Å². The molecular formula is C25H27ClN2O4S. The first-order valence-electron chi connectivity index (χ1n) is 10.5. The van der Waals surface area contributed by atoms with Crippen LogP contribution in [0.25, 0.3) is 0 Å². The Morgan fingerprint density at radius 2 is 1.73 bits per heavy atom. The highest BCUT2D eigenvalue weighted by Gasteiger charge is 2.19. The molecule has 0 radical (unpaired) electrons. The molecule has 3 rings (SSSR count). The van der Waals surface area contributed by atoms with Crippen LogP contribution in [0.5, 0.6) is 5.75 Å². The van der Waals surface area contributed by atoms with E-state index in [9.17, 15) is 13.2 Å². The zero-order valence-corrected chi connectivity index (χ0v) is 20.4. The number of rotatable bonds is 9. The van der Waals surface area contributed by atoms with Crippen LogP contribution in [-0.2, 0) is 16.6 Å². The van der Waals surface area contributed by atoms with Gasteiger partial charge in [-0.1, -0.05) is 41.9 Å². The van der Waals surface area contributed by atoms with Crippen molar-refractivity contribution in [1.82, 2.24) is 5.32 Å². The lowest BCUT2D eigenvalue weighted by Gasteiger charge is -2.23. The van der Waals surface area contributed by atoms with Gasteiger partial charge in [0.1, 0.15) is 5.75 Å². The van der Waals surface area contributed by atoms with Crippen LogP contribution in [0.3, 0.4) is 0 Å². The maximum atomic E-state index is 12.7. The molecule has 33 heavy (non-hydrogen) atoms. The lowest BCUT2D eigenvalue weighted by molar-refractivity contribution is 0.0940. The third kappa shape index (κ3) is 6.73. The number of anilines is 1. The third-order valence-electron chi connectivity index (χ3n) is 5.08. The molecule has 0 fully saturated rings. The topological polar surface area (TPSA) is 75.7 Å². The molecule has 6 nitrogen and oxygen atoms in total. The average Bonchev–Trinajstić information content (AvgIpc) is 2.77. The monoisotopic (exact) mass is 486 g/mol. The second-order valence-electron chi connectivity index (χ2n) is 7.64. The summed E-state index contributed by atoms with van der Waals surface area (Å²) in [4.78, 5) is 12.7. The minimum Gasteiger partial charge on any atom is -0.494 e. The quantitative estimate of drug-likeness (QED) is 0.451. The van der Waals surface area contributed by atoms with E-state index in [0.29, 0.717) is 22.9 Å². The number of nitrogens with zero attached hydrogens (tertiary/aromatic N) is 1. The molecule has 0 aliphatic heterocycles. The molecule has 0 spiro atoms. The Kier molecular flexibility index (Phi) is 8.00. The van der Waals surface area contributed by atoms with E-state index in [1.54, 1.807) is 48.5 Å². The van der Waals surface area contributed by atoms with Crippen LogP contribution >= 0.6 is 11.6 Å². The van der Waals surface area contributed by atoms with Crippen LogP contribution in [0.2, 0.25) is 5.02 Å². The van der Waals surface area contributed by atoms with Crippen molar-refractivity contribution in [1.29, 1.82) is 0 Å². The predicted octanol–water partition coefficient (Wildman–Crippen LogP) is 5.20. The number of sulfonamides is 1. The predicted molar refractivity (Wildman–Crippen MR) is 132 cm³/mol. The number of carbonyl (C=O) groups excluding carboxylic acids is 1. The molecule has 0 aliphatic carbocycles. The minimum absolute atomic E-state index is 0.129. The molecular weight excluding hydrogens is 460 g/mol. The van der Waals surface area contributed by atoms with E-state index in [1.165, 1.54) is 4.31 Å². The number of carbonyl (C=O) groups is 1. The number of ether oxygens (including phenoxy) is 1. The first-order chi connectivity index (χ1) is 15.7. The third-order valence-corrected chi connectivity index (χ3v) is 6.45. The molecule has 0 bridgehead atoms. The summed E-state index contributed by atoms with van der Waals surface area (Å²) in [6.07, 6.45) is 1.15. The van der Waals surface area contributed by atoms with Crippen molar-refractivity contribution in [3.63, 3.8) is 0 Å². The van der Waals surface area contributed by atoms with E-state index in [4.69, 9.17) is 16.3 Å². The fraction of sp³-hybridized carbons (Fsp3) is 0.240. The van der Waals surface area contributed by atoms with Gasteiger partial charge in [-0.15, -0.1) is 0 Å².